The highest BCUT2D eigenvalue weighted by Crippen LogP contribution is 2.25. The average molecular weight is 324 g/mol. The topological polar surface area (TPSA) is 44.8 Å². The second-order valence-electron chi connectivity index (χ2n) is 6.22. The summed E-state index contributed by atoms with van der Waals surface area (Å²) in [5.74, 6) is 0.854. The van der Waals surface area contributed by atoms with Crippen molar-refractivity contribution in [1.82, 2.24) is 19.9 Å². The summed E-state index contributed by atoms with van der Waals surface area (Å²) in [6.07, 6.45) is 3.04. The van der Waals surface area contributed by atoms with Crippen molar-refractivity contribution in [2.75, 3.05) is 6.54 Å². The highest BCUT2D eigenvalue weighted by atomic mass is 32.1. The molecule has 4 nitrogen and oxygen atoms in total. The molecule has 4 heterocycles. The molecule has 4 rings (SSSR count). The number of nitrogens with zero attached hydrogens (tertiary/aromatic N) is 3. The van der Waals surface area contributed by atoms with Crippen molar-refractivity contribution >= 4 is 11.3 Å². The third-order valence-electron chi connectivity index (χ3n) is 4.41. The minimum Gasteiger partial charge on any atom is -0.361 e. The Bertz CT molecular complexity index is 820. The Morgan fingerprint density at radius 1 is 1.35 bits per heavy atom. The van der Waals surface area contributed by atoms with Gasteiger partial charge >= 0.3 is 0 Å². The highest BCUT2D eigenvalue weighted by molar-refractivity contribution is 7.13. The molecule has 0 bridgehead atoms. The molecule has 0 radical (unpaired) electrons. The van der Waals surface area contributed by atoms with Crippen molar-refractivity contribution in [3.05, 3.63) is 58.0 Å². The molecule has 0 spiro atoms. The van der Waals surface area contributed by atoms with E-state index < -0.39 is 0 Å². The fourth-order valence-corrected chi connectivity index (χ4v) is 3.85. The SMILES string of the molecule is Cc1cc(C)c(CN2CCc3cnc(-c4cccs4)nc3C2)[nH]1. The van der Waals surface area contributed by atoms with Gasteiger partial charge in [-0.05, 0) is 48.9 Å². The van der Waals surface area contributed by atoms with E-state index in [0.717, 1.165) is 36.8 Å². The number of hydrogen-bond acceptors (Lipinski definition) is 4. The minimum absolute atomic E-state index is 0.854. The molecule has 1 aliphatic rings. The van der Waals surface area contributed by atoms with Crippen LogP contribution in [0.3, 0.4) is 0 Å². The van der Waals surface area contributed by atoms with E-state index in [1.807, 2.05) is 12.3 Å². The molecule has 1 aliphatic heterocycles. The van der Waals surface area contributed by atoms with Gasteiger partial charge in [0.2, 0.25) is 0 Å². The summed E-state index contributed by atoms with van der Waals surface area (Å²) < 4.78 is 0. The van der Waals surface area contributed by atoms with Crippen LogP contribution in [0.1, 0.15) is 28.2 Å². The van der Waals surface area contributed by atoms with Gasteiger partial charge in [-0.15, -0.1) is 11.3 Å². The number of aryl methyl sites for hydroxylation is 2. The summed E-state index contributed by atoms with van der Waals surface area (Å²) in [4.78, 5) is 16.4. The number of hydrogen-bond donors (Lipinski definition) is 1. The first kappa shape index (κ1) is 14.6. The minimum atomic E-state index is 0.854. The number of rotatable bonds is 3. The maximum absolute atomic E-state index is 4.82. The first-order chi connectivity index (χ1) is 11.2. The Kier molecular flexibility index (Phi) is 3.75. The molecule has 3 aromatic heterocycles. The number of thiophene rings is 1. The molecule has 1 N–H and O–H groups in total. The van der Waals surface area contributed by atoms with Gasteiger partial charge in [-0.1, -0.05) is 6.07 Å². The quantitative estimate of drug-likeness (QED) is 0.799. The molecule has 0 saturated heterocycles. The van der Waals surface area contributed by atoms with Crippen LogP contribution in [0.2, 0.25) is 0 Å². The molecule has 5 heteroatoms. The summed E-state index contributed by atoms with van der Waals surface area (Å²) in [6.45, 7) is 7.20. The van der Waals surface area contributed by atoms with Gasteiger partial charge in [0, 0.05) is 37.2 Å². The van der Waals surface area contributed by atoms with E-state index in [1.54, 1.807) is 11.3 Å². The van der Waals surface area contributed by atoms with Crippen LogP contribution in [0.25, 0.3) is 10.7 Å². The van der Waals surface area contributed by atoms with Gasteiger partial charge in [-0.3, -0.25) is 4.90 Å². The summed E-state index contributed by atoms with van der Waals surface area (Å²) >= 11 is 1.69. The number of aromatic nitrogens is 3. The number of H-pyrrole nitrogens is 1. The summed E-state index contributed by atoms with van der Waals surface area (Å²) in [7, 11) is 0. The maximum Gasteiger partial charge on any atom is 0.169 e. The first-order valence-corrected chi connectivity index (χ1v) is 8.83. The summed E-state index contributed by atoms with van der Waals surface area (Å²) in [5.41, 5.74) is 6.36. The molecule has 0 unspecified atom stereocenters. The predicted molar refractivity (Wildman–Crippen MR) is 93.4 cm³/mol. The Labute approximate surface area is 140 Å². The van der Waals surface area contributed by atoms with E-state index in [2.05, 4.69) is 46.2 Å². The van der Waals surface area contributed by atoms with E-state index in [1.165, 1.54) is 28.2 Å². The van der Waals surface area contributed by atoms with E-state index >= 15 is 0 Å². The number of fused-ring (bicyclic) bond motifs is 1. The van der Waals surface area contributed by atoms with E-state index in [9.17, 15) is 0 Å². The zero-order valence-corrected chi connectivity index (χ0v) is 14.3. The van der Waals surface area contributed by atoms with Crippen molar-refractivity contribution in [2.24, 2.45) is 0 Å². The molecule has 0 aliphatic carbocycles. The third kappa shape index (κ3) is 2.94. The molecule has 23 heavy (non-hydrogen) atoms. The lowest BCUT2D eigenvalue weighted by molar-refractivity contribution is 0.238. The van der Waals surface area contributed by atoms with Crippen molar-refractivity contribution in [1.29, 1.82) is 0 Å². The highest BCUT2D eigenvalue weighted by Gasteiger charge is 2.20. The molecular formula is C18H20N4S. The van der Waals surface area contributed by atoms with Gasteiger partial charge in [0.1, 0.15) is 0 Å². The molecule has 0 saturated carbocycles. The number of aromatic amines is 1. The summed E-state index contributed by atoms with van der Waals surface area (Å²) in [5, 5.41) is 2.07. The fraction of sp³-hybridized carbons (Fsp3) is 0.333. The van der Waals surface area contributed by atoms with E-state index in [0.29, 0.717) is 0 Å². The smallest absolute Gasteiger partial charge is 0.169 e. The van der Waals surface area contributed by atoms with Crippen LogP contribution in [0.5, 0.6) is 0 Å². The largest absolute Gasteiger partial charge is 0.361 e. The van der Waals surface area contributed by atoms with Crippen LogP contribution in [0, 0.1) is 13.8 Å². The van der Waals surface area contributed by atoms with Crippen molar-refractivity contribution in [3.8, 4) is 10.7 Å². The molecule has 118 valence electrons. The molecule has 0 atom stereocenters. The molecule has 0 aromatic carbocycles. The van der Waals surface area contributed by atoms with Crippen molar-refractivity contribution < 1.29 is 0 Å². The van der Waals surface area contributed by atoms with E-state index in [-0.39, 0.29) is 0 Å². The molecule has 0 amide bonds. The first-order valence-electron chi connectivity index (χ1n) is 7.95. The zero-order chi connectivity index (χ0) is 15.8. The van der Waals surface area contributed by atoms with Gasteiger partial charge < -0.3 is 4.98 Å². The van der Waals surface area contributed by atoms with Crippen LogP contribution in [-0.2, 0) is 19.5 Å². The monoisotopic (exact) mass is 324 g/mol. The standard InChI is InChI=1S/C18H20N4S/c1-12-8-13(2)20-15(12)10-22-6-5-14-9-19-18(21-16(14)11-22)17-4-3-7-23-17/h3-4,7-9,20H,5-6,10-11H2,1-2H3. The van der Waals surface area contributed by atoms with Gasteiger partial charge in [-0.25, -0.2) is 9.97 Å². The number of nitrogens with one attached hydrogen (secondary N) is 1. The molecular weight excluding hydrogens is 304 g/mol. The fourth-order valence-electron chi connectivity index (χ4n) is 3.19. The zero-order valence-electron chi connectivity index (χ0n) is 13.5. The van der Waals surface area contributed by atoms with Crippen LogP contribution >= 0.6 is 11.3 Å². The van der Waals surface area contributed by atoms with Gasteiger partial charge in [0.05, 0.1) is 10.6 Å². The van der Waals surface area contributed by atoms with Crippen LogP contribution < -0.4 is 0 Å². The van der Waals surface area contributed by atoms with Gasteiger partial charge in [-0.2, -0.15) is 0 Å². The van der Waals surface area contributed by atoms with Crippen LogP contribution in [0.15, 0.2) is 29.8 Å². The lowest BCUT2D eigenvalue weighted by atomic mass is 10.1. The lowest BCUT2D eigenvalue weighted by Gasteiger charge is -2.27. The predicted octanol–water partition coefficient (Wildman–Crippen LogP) is 3.71. The Morgan fingerprint density at radius 3 is 3.00 bits per heavy atom. The summed E-state index contributed by atoms with van der Waals surface area (Å²) in [6, 6.07) is 6.34. The molecule has 3 aromatic rings. The molecule has 0 fully saturated rings. The van der Waals surface area contributed by atoms with Gasteiger partial charge in [0.25, 0.3) is 0 Å². The van der Waals surface area contributed by atoms with Crippen molar-refractivity contribution in [2.45, 2.75) is 33.4 Å². The third-order valence-corrected chi connectivity index (χ3v) is 5.27. The Balaban J connectivity index is 1.56. The maximum atomic E-state index is 4.82. The second-order valence-corrected chi connectivity index (χ2v) is 7.17. The normalized spacial score (nSPS) is 14.9. The Hall–Kier alpha value is -1.98. The average Bonchev–Trinajstić information content (AvgIpc) is 3.17. The van der Waals surface area contributed by atoms with Crippen molar-refractivity contribution in [3.63, 3.8) is 0 Å². The second kappa shape index (κ2) is 5.91. The Morgan fingerprint density at radius 2 is 2.26 bits per heavy atom. The van der Waals surface area contributed by atoms with E-state index in [4.69, 9.17) is 4.98 Å². The van der Waals surface area contributed by atoms with Crippen LogP contribution in [0.4, 0.5) is 0 Å². The van der Waals surface area contributed by atoms with Crippen LogP contribution in [-0.4, -0.2) is 26.4 Å². The lowest BCUT2D eigenvalue weighted by Crippen LogP contribution is -2.31. The van der Waals surface area contributed by atoms with Gasteiger partial charge in [0.15, 0.2) is 5.82 Å².